The van der Waals surface area contributed by atoms with Crippen molar-refractivity contribution in [2.45, 2.75) is 57.0 Å². The van der Waals surface area contributed by atoms with Crippen LogP contribution in [-0.2, 0) is 34.0 Å². The number of halogens is 3. The summed E-state index contributed by atoms with van der Waals surface area (Å²) >= 11 is 0. The standard InChI is InChI=1S/C32H38F3N3O5S/c1-21-5-12-28(13-6-21)44(41,42)36-27-11-14-29-25(15-27)16-31(40)38(23(3)20-39)17-22(2)30(43-29)19-37(4)18-24-7-9-26(10-8-24)32(33,34)35/h5-15,22-23,30,36,39H,16-20H2,1-4H3/t22-,23+,30+/m0/s1. The molecule has 1 heterocycles. The Balaban J connectivity index is 1.60. The number of anilines is 1. The van der Waals surface area contributed by atoms with E-state index in [1.54, 1.807) is 42.2 Å². The number of ether oxygens (including phenoxy) is 1. The van der Waals surface area contributed by atoms with Gasteiger partial charge in [0, 0.05) is 36.8 Å². The van der Waals surface area contributed by atoms with Crippen molar-refractivity contribution in [3.8, 4) is 5.75 Å². The first kappa shape index (κ1) is 33.3. The average Bonchev–Trinajstić information content (AvgIpc) is 3.00. The predicted molar refractivity (Wildman–Crippen MR) is 162 cm³/mol. The average molecular weight is 634 g/mol. The topological polar surface area (TPSA) is 99.2 Å². The number of aliphatic hydroxyl groups excluding tert-OH is 1. The number of nitrogens with one attached hydrogen (secondary N) is 1. The molecular weight excluding hydrogens is 595 g/mol. The summed E-state index contributed by atoms with van der Waals surface area (Å²) in [5, 5.41) is 9.88. The van der Waals surface area contributed by atoms with Gasteiger partial charge in [-0.1, -0.05) is 36.8 Å². The Morgan fingerprint density at radius 2 is 1.75 bits per heavy atom. The first-order valence-corrected chi connectivity index (χ1v) is 15.8. The Hall–Kier alpha value is -3.61. The third-order valence-corrected chi connectivity index (χ3v) is 9.12. The molecule has 0 radical (unpaired) electrons. The minimum atomic E-state index is -4.41. The second kappa shape index (κ2) is 13.6. The summed E-state index contributed by atoms with van der Waals surface area (Å²) in [5.41, 5.74) is 1.67. The van der Waals surface area contributed by atoms with E-state index in [4.69, 9.17) is 4.74 Å². The van der Waals surface area contributed by atoms with E-state index in [9.17, 15) is 31.5 Å². The molecule has 12 heteroatoms. The quantitative estimate of drug-likeness (QED) is 0.341. The van der Waals surface area contributed by atoms with Gasteiger partial charge in [0.1, 0.15) is 11.9 Å². The number of hydrogen-bond donors (Lipinski definition) is 2. The fraction of sp³-hybridized carbons (Fsp3) is 0.406. The van der Waals surface area contributed by atoms with Crippen LogP contribution in [0.4, 0.5) is 18.9 Å². The normalized spacial score (nSPS) is 18.6. The van der Waals surface area contributed by atoms with E-state index in [1.165, 1.54) is 24.3 Å². The smallest absolute Gasteiger partial charge is 0.416 e. The highest BCUT2D eigenvalue weighted by molar-refractivity contribution is 7.92. The molecule has 1 aliphatic rings. The number of carbonyl (C=O) groups excluding carboxylic acids is 1. The minimum absolute atomic E-state index is 0.0688. The maximum Gasteiger partial charge on any atom is 0.416 e. The Labute approximate surface area is 256 Å². The molecule has 1 amide bonds. The minimum Gasteiger partial charge on any atom is -0.488 e. The molecule has 0 saturated heterocycles. The number of aliphatic hydroxyl groups is 1. The molecule has 0 spiro atoms. The molecule has 4 rings (SSSR count). The lowest BCUT2D eigenvalue weighted by Gasteiger charge is -2.34. The van der Waals surface area contributed by atoms with E-state index in [0.717, 1.165) is 17.7 Å². The summed E-state index contributed by atoms with van der Waals surface area (Å²) in [6, 6.07) is 15.8. The van der Waals surface area contributed by atoms with E-state index >= 15 is 0 Å². The van der Waals surface area contributed by atoms with Gasteiger partial charge in [-0.3, -0.25) is 14.4 Å². The van der Waals surface area contributed by atoms with Crippen LogP contribution in [0.25, 0.3) is 0 Å². The zero-order valence-electron chi connectivity index (χ0n) is 25.1. The van der Waals surface area contributed by atoms with Crippen LogP contribution < -0.4 is 9.46 Å². The Morgan fingerprint density at radius 1 is 1.09 bits per heavy atom. The van der Waals surface area contributed by atoms with E-state index in [1.807, 2.05) is 25.8 Å². The van der Waals surface area contributed by atoms with Crippen molar-refractivity contribution in [3.05, 3.63) is 89.0 Å². The zero-order valence-corrected chi connectivity index (χ0v) is 26.0. The van der Waals surface area contributed by atoms with Crippen molar-refractivity contribution >= 4 is 21.6 Å². The predicted octanol–water partition coefficient (Wildman–Crippen LogP) is 5.10. The van der Waals surface area contributed by atoms with E-state index in [0.29, 0.717) is 36.5 Å². The largest absolute Gasteiger partial charge is 0.488 e. The fourth-order valence-corrected chi connectivity index (χ4v) is 6.17. The maximum absolute atomic E-state index is 13.5. The molecule has 1 aliphatic heterocycles. The van der Waals surface area contributed by atoms with Gasteiger partial charge in [-0.25, -0.2) is 8.42 Å². The van der Waals surface area contributed by atoms with Crippen LogP contribution in [-0.4, -0.2) is 68.1 Å². The molecule has 0 aromatic heterocycles. The van der Waals surface area contributed by atoms with Crippen molar-refractivity contribution in [2.24, 2.45) is 5.92 Å². The molecule has 0 fully saturated rings. The number of amides is 1. The van der Waals surface area contributed by atoms with Gasteiger partial charge < -0.3 is 14.7 Å². The fourth-order valence-electron chi connectivity index (χ4n) is 5.12. The van der Waals surface area contributed by atoms with Crippen LogP contribution in [0.2, 0.25) is 0 Å². The molecule has 3 aromatic carbocycles. The van der Waals surface area contributed by atoms with Gasteiger partial charge in [0.2, 0.25) is 5.91 Å². The van der Waals surface area contributed by atoms with Crippen LogP contribution in [0, 0.1) is 12.8 Å². The number of carbonyl (C=O) groups is 1. The van der Waals surface area contributed by atoms with Crippen molar-refractivity contribution in [3.63, 3.8) is 0 Å². The van der Waals surface area contributed by atoms with Gasteiger partial charge in [-0.2, -0.15) is 13.2 Å². The highest BCUT2D eigenvalue weighted by Crippen LogP contribution is 2.31. The molecule has 3 aromatic rings. The molecule has 0 unspecified atom stereocenters. The summed E-state index contributed by atoms with van der Waals surface area (Å²) in [4.78, 5) is 17.1. The SMILES string of the molecule is Cc1ccc(S(=O)(=O)Nc2ccc3c(c2)CC(=O)N([C@H](C)CO)C[C@H](C)[C@@H](CN(C)Cc2ccc(C(F)(F)F)cc2)O3)cc1. The van der Waals surface area contributed by atoms with Crippen molar-refractivity contribution in [1.29, 1.82) is 0 Å². The molecule has 0 bridgehead atoms. The third-order valence-electron chi connectivity index (χ3n) is 7.73. The Bertz CT molecular complexity index is 1550. The van der Waals surface area contributed by atoms with Gasteiger partial charge in [-0.15, -0.1) is 0 Å². The molecule has 3 atom stereocenters. The lowest BCUT2D eigenvalue weighted by atomic mass is 10.0. The van der Waals surface area contributed by atoms with Crippen LogP contribution in [0.5, 0.6) is 5.75 Å². The van der Waals surface area contributed by atoms with Crippen LogP contribution in [0.1, 0.15) is 36.1 Å². The highest BCUT2D eigenvalue weighted by Gasteiger charge is 2.32. The number of fused-ring (bicyclic) bond motifs is 1. The Kier molecular flexibility index (Phi) is 10.3. The summed E-state index contributed by atoms with van der Waals surface area (Å²) in [6.07, 6.45) is -4.92. The first-order chi connectivity index (χ1) is 20.7. The number of likely N-dealkylation sites (N-methyl/N-ethyl adjacent to an activating group) is 1. The first-order valence-electron chi connectivity index (χ1n) is 14.3. The van der Waals surface area contributed by atoms with E-state index in [-0.39, 0.29) is 35.4 Å². The van der Waals surface area contributed by atoms with E-state index < -0.39 is 33.9 Å². The van der Waals surface area contributed by atoms with Crippen molar-refractivity contribution in [1.82, 2.24) is 9.80 Å². The molecular formula is C32H38F3N3O5S. The molecule has 8 nitrogen and oxygen atoms in total. The number of sulfonamides is 1. The number of aryl methyl sites for hydroxylation is 1. The number of benzene rings is 3. The third kappa shape index (κ3) is 8.30. The van der Waals surface area contributed by atoms with Gasteiger partial charge >= 0.3 is 6.18 Å². The van der Waals surface area contributed by atoms with Crippen LogP contribution >= 0.6 is 0 Å². The summed E-state index contributed by atoms with van der Waals surface area (Å²) in [6.45, 7) is 6.38. The molecule has 44 heavy (non-hydrogen) atoms. The van der Waals surface area contributed by atoms with Gasteiger partial charge in [0.05, 0.1) is 29.5 Å². The second-order valence-electron chi connectivity index (χ2n) is 11.5. The summed E-state index contributed by atoms with van der Waals surface area (Å²) in [5.74, 6) is 0.00383. The summed E-state index contributed by atoms with van der Waals surface area (Å²) in [7, 11) is -2.05. The van der Waals surface area contributed by atoms with Gasteiger partial charge in [-0.05, 0) is 68.9 Å². The van der Waals surface area contributed by atoms with Gasteiger partial charge in [0.15, 0.2) is 0 Å². The molecule has 238 valence electrons. The number of hydrogen-bond acceptors (Lipinski definition) is 6. The van der Waals surface area contributed by atoms with E-state index in [2.05, 4.69) is 4.72 Å². The second-order valence-corrected chi connectivity index (χ2v) is 13.2. The van der Waals surface area contributed by atoms with Crippen molar-refractivity contribution < 1.29 is 36.2 Å². The number of nitrogens with zero attached hydrogens (tertiary/aromatic N) is 2. The number of alkyl halides is 3. The monoisotopic (exact) mass is 633 g/mol. The summed E-state index contributed by atoms with van der Waals surface area (Å²) < 4.78 is 74.1. The van der Waals surface area contributed by atoms with Crippen molar-refractivity contribution in [2.75, 3.05) is 31.5 Å². The molecule has 0 aliphatic carbocycles. The van der Waals surface area contributed by atoms with Gasteiger partial charge in [0.25, 0.3) is 10.0 Å². The van der Waals surface area contributed by atoms with Crippen LogP contribution in [0.3, 0.4) is 0 Å². The lowest BCUT2D eigenvalue weighted by molar-refractivity contribution is -0.137. The maximum atomic E-state index is 13.5. The lowest BCUT2D eigenvalue weighted by Crippen LogP contribution is -2.47. The molecule has 2 N–H and O–H groups in total. The van der Waals surface area contributed by atoms with Crippen LogP contribution in [0.15, 0.2) is 71.6 Å². The highest BCUT2D eigenvalue weighted by atomic mass is 32.2. The molecule has 0 saturated carbocycles. The Morgan fingerprint density at radius 3 is 2.36 bits per heavy atom. The number of rotatable bonds is 9. The zero-order chi connectivity index (χ0) is 32.2.